The molecule has 0 aliphatic rings. The van der Waals surface area contributed by atoms with Crippen LogP contribution in [0.5, 0.6) is 5.75 Å². The molecule has 178 valence electrons. The van der Waals surface area contributed by atoms with Crippen molar-refractivity contribution in [1.82, 2.24) is 20.1 Å². The van der Waals surface area contributed by atoms with Gasteiger partial charge in [0.1, 0.15) is 23.1 Å². The number of H-pyrrole nitrogens is 1. The first-order valence-corrected chi connectivity index (χ1v) is 10.6. The first kappa shape index (κ1) is 24.5. The quantitative estimate of drug-likeness (QED) is 0.275. The number of aromatic nitrogens is 3. The molecule has 0 saturated heterocycles. The van der Waals surface area contributed by atoms with Crippen LogP contribution < -0.4 is 16.8 Å². The highest BCUT2D eigenvalue weighted by molar-refractivity contribution is 6.02. The number of hydrogen-bond donors (Lipinski definition) is 5. The van der Waals surface area contributed by atoms with E-state index in [1.807, 2.05) is 26.0 Å². The Morgan fingerprint density at radius 1 is 1.26 bits per heavy atom. The Balaban J connectivity index is 0.00000158. The summed E-state index contributed by atoms with van der Waals surface area (Å²) in [6.07, 6.45) is 2.45. The van der Waals surface area contributed by atoms with Crippen LogP contribution in [0.4, 0.5) is 10.2 Å². The summed E-state index contributed by atoms with van der Waals surface area (Å²) >= 11 is 0. The summed E-state index contributed by atoms with van der Waals surface area (Å²) < 4.78 is 15.1. The number of fused-ring (bicyclic) bond motifs is 1. The number of amides is 1. The van der Waals surface area contributed by atoms with Crippen LogP contribution in [0, 0.1) is 5.82 Å². The van der Waals surface area contributed by atoms with E-state index < -0.39 is 11.7 Å². The van der Waals surface area contributed by atoms with Gasteiger partial charge in [-0.15, -0.1) is 0 Å². The van der Waals surface area contributed by atoms with Gasteiger partial charge in [-0.25, -0.2) is 9.07 Å². The molecule has 0 atom stereocenters. The lowest BCUT2D eigenvalue weighted by atomic mass is 10.0. The molecule has 4 rings (SSSR count). The van der Waals surface area contributed by atoms with Crippen LogP contribution in [-0.4, -0.2) is 39.1 Å². The molecule has 2 aromatic carbocycles. The van der Waals surface area contributed by atoms with Gasteiger partial charge in [-0.2, -0.15) is 5.10 Å². The Hall–Kier alpha value is -4.18. The van der Waals surface area contributed by atoms with Gasteiger partial charge in [-0.3, -0.25) is 9.59 Å². The smallest absolute Gasteiger partial charge is 0.255 e. The molecule has 10 heteroatoms. The minimum atomic E-state index is -0.616. The van der Waals surface area contributed by atoms with Crippen LogP contribution in [-0.2, 0) is 6.54 Å². The molecule has 4 aromatic rings. The highest BCUT2D eigenvalue weighted by Gasteiger charge is 2.21. The molecular weight excluding hydrogens is 439 g/mol. The number of phenols is 1. The van der Waals surface area contributed by atoms with Crippen LogP contribution in [0.15, 0.2) is 42.6 Å². The second-order valence-electron chi connectivity index (χ2n) is 7.69. The summed E-state index contributed by atoms with van der Waals surface area (Å²) in [5.41, 5.74) is 13.5. The number of anilines is 1. The number of nitrogens with zero attached hydrogens (tertiary/aromatic N) is 2. The van der Waals surface area contributed by atoms with E-state index in [0.29, 0.717) is 23.4 Å². The topological polar surface area (TPSA) is 152 Å². The predicted molar refractivity (Wildman–Crippen MR) is 129 cm³/mol. The van der Waals surface area contributed by atoms with Gasteiger partial charge in [0.2, 0.25) is 0 Å². The van der Waals surface area contributed by atoms with E-state index in [4.69, 9.17) is 5.73 Å². The number of nitrogens with two attached hydrogens (primary N) is 2. The Morgan fingerprint density at radius 2 is 2.00 bits per heavy atom. The molecule has 7 N–H and O–H groups in total. The van der Waals surface area contributed by atoms with Crippen LogP contribution in [0.3, 0.4) is 0 Å². The van der Waals surface area contributed by atoms with Gasteiger partial charge in [0.15, 0.2) is 6.29 Å². The second kappa shape index (κ2) is 10.2. The monoisotopic (exact) mass is 466 g/mol. The van der Waals surface area contributed by atoms with E-state index in [-0.39, 0.29) is 23.9 Å². The number of nitrogens with one attached hydrogen (secondary N) is 2. The number of benzene rings is 2. The lowest BCUT2D eigenvalue weighted by Gasteiger charge is -2.10. The molecule has 0 aliphatic carbocycles. The summed E-state index contributed by atoms with van der Waals surface area (Å²) in [5, 5.41) is 17.9. The van der Waals surface area contributed by atoms with Crippen molar-refractivity contribution in [3.05, 3.63) is 65.1 Å². The zero-order valence-corrected chi connectivity index (χ0v) is 19.1. The van der Waals surface area contributed by atoms with E-state index >= 15 is 0 Å². The average molecular weight is 467 g/mol. The standard InChI is InChI=1S/C23H22FN5O3.CH5N/c1-12(2)29-22(25)18(11-30)21(28-29)15-5-3-13(20-16(15)7-8-26-20)10-27-23(32)17-9-14(24)4-6-19(17)31;1-2/h3-9,11-12,26,31H,10,25H2,1-2H3,(H,27,32);2H2,1H3. The summed E-state index contributed by atoms with van der Waals surface area (Å²) in [6, 6.07) is 8.65. The van der Waals surface area contributed by atoms with Gasteiger partial charge in [0, 0.05) is 29.7 Å². The molecule has 0 fully saturated rings. The lowest BCUT2D eigenvalue weighted by molar-refractivity contribution is 0.0947. The maximum absolute atomic E-state index is 13.4. The van der Waals surface area contributed by atoms with Crippen molar-refractivity contribution in [3.8, 4) is 17.0 Å². The number of carbonyl (C=O) groups excluding carboxylic acids is 2. The molecule has 2 aromatic heterocycles. The largest absolute Gasteiger partial charge is 0.507 e. The minimum absolute atomic E-state index is 0.0158. The first-order chi connectivity index (χ1) is 16.3. The van der Waals surface area contributed by atoms with E-state index in [0.717, 1.165) is 40.2 Å². The number of nitrogen functional groups attached to an aromatic ring is 1. The van der Waals surface area contributed by atoms with Crippen LogP contribution >= 0.6 is 0 Å². The fourth-order valence-corrected chi connectivity index (χ4v) is 3.70. The molecule has 0 aliphatic heterocycles. The number of halogens is 1. The predicted octanol–water partition coefficient (Wildman–Crippen LogP) is 3.36. The number of aromatic hydroxyl groups is 1. The number of aromatic amines is 1. The highest BCUT2D eigenvalue weighted by atomic mass is 19.1. The molecule has 0 bridgehead atoms. The zero-order chi connectivity index (χ0) is 25.0. The van der Waals surface area contributed by atoms with Gasteiger partial charge in [0.05, 0.1) is 16.6 Å². The Morgan fingerprint density at radius 3 is 2.68 bits per heavy atom. The Labute approximate surface area is 195 Å². The summed E-state index contributed by atoms with van der Waals surface area (Å²) in [5.74, 6) is -1.21. The Kier molecular flexibility index (Phi) is 7.32. The molecular formula is C24H27FN6O3. The summed E-state index contributed by atoms with van der Waals surface area (Å²) in [7, 11) is 1.50. The van der Waals surface area contributed by atoms with Gasteiger partial charge in [0.25, 0.3) is 5.91 Å². The Bertz CT molecular complexity index is 1340. The zero-order valence-electron chi connectivity index (χ0n) is 19.1. The number of phenolic OH excluding ortho intramolecular Hbond substituents is 1. The van der Waals surface area contributed by atoms with E-state index in [1.165, 1.54) is 7.05 Å². The van der Waals surface area contributed by atoms with Crippen molar-refractivity contribution < 1.29 is 19.1 Å². The molecule has 0 radical (unpaired) electrons. The number of rotatable bonds is 6. The van der Waals surface area contributed by atoms with E-state index in [9.17, 15) is 19.1 Å². The maximum Gasteiger partial charge on any atom is 0.255 e. The van der Waals surface area contributed by atoms with Gasteiger partial charge < -0.3 is 26.9 Å². The van der Waals surface area contributed by atoms with E-state index in [2.05, 4.69) is 21.1 Å². The van der Waals surface area contributed by atoms with Crippen LogP contribution in [0.25, 0.3) is 22.2 Å². The molecule has 2 heterocycles. The second-order valence-corrected chi connectivity index (χ2v) is 7.69. The van der Waals surface area contributed by atoms with Crippen LogP contribution in [0.2, 0.25) is 0 Å². The maximum atomic E-state index is 13.4. The third-order valence-corrected chi connectivity index (χ3v) is 5.30. The number of hydrogen-bond acceptors (Lipinski definition) is 6. The number of aldehydes is 1. The fourth-order valence-electron chi connectivity index (χ4n) is 3.70. The molecule has 0 unspecified atom stereocenters. The molecule has 1 amide bonds. The first-order valence-electron chi connectivity index (χ1n) is 10.6. The van der Waals surface area contributed by atoms with Gasteiger partial charge in [-0.05, 0) is 50.7 Å². The van der Waals surface area contributed by atoms with Crippen LogP contribution in [0.1, 0.15) is 46.2 Å². The van der Waals surface area contributed by atoms with Crippen molar-refractivity contribution in [3.63, 3.8) is 0 Å². The normalized spacial score (nSPS) is 10.8. The molecule has 34 heavy (non-hydrogen) atoms. The van der Waals surface area contributed by atoms with Gasteiger partial charge in [-0.1, -0.05) is 12.1 Å². The molecule has 0 spiro atoms. The third-order valence-electron chi connectivity index (χ3n) is 5.30. The van der Waals surface area contributed by atoms with Gasteiger partial charge >= 0.3 is 0 Å². The van der Waals surface area contributed by atoms with Crippen molar-refractivity contribution in [2.45, 2.75) is 26.4 Å². The van der Waals surface area contributed by atoms with Crippen molar-refractivity contribution in [1.29, 1.82) is 0 Å². The minimum Gasteiger partial charge on any atom is -0.507 e. The summed E-state index contributed by atoms with van der Waals surface area (Å²) in [4.78, 5) is 27.3. The third kappa shape index (κ3) is 4.48. The van der Waals surface area contributed by atoms with Crippen molar-refractivity contribution in [2.75, 3.05) is 12.8 Å². The lowest BCUT2D eigenvalue weighted by Crippen LogP contribution is -2.23. The molecule has 0 saturated carbocycles. The van der Waals surface area contributed by atoms with Crippen molar-refractivity contribution in [2.24, 2.45) is 5.73 Å². The SMILES string of the molecule is CC(C)n1nc(-c2ccc(CNC(=O)c3cc(F)ccc3O)c3[nH]ccc23)c(C=O)c1N.CN. The molecule has 9 nitrogen and oxygen atoms in total. The average Bonchev–Trinajstić information content (AvgIpc) is 3.45. The number of carbonyl (C=O) groups is 2. The fraction of sp³-hybridized carbons (Fsp3) is 0.208. The highest BCUT2D eigenvalue weighted by Crippen LogP contribution is 2.34. The summed E-state index contributed by atoms with van der Waals surface area (Å²) in [6.45, 7) is 3.99. The van der Waals surface area contributed by atoms with E-state index in [1.54, 1.807) is 16.9 Å². The van der Waals surface area contributed by atoms with Crippen molar-refractivity contribution >= 4 is 28.9 Å².